The van der Waals surface area contributed by atoms with Gasteiger partial charge in [-0.2, -0.15) is 8.42 Å². The molecule has 76 valence electrons. The fraction of sp³-hybridized carbons (Fsp3) is 0. The number of rotatable bonds is 2. The van der Waals surface area contributed by atoms with Crippen LogP contribution in [-0.4, -0.2) is 13.3 Å². The second-order valence-electron chi connectivity index (χ2n) is 2.28. The van der Waals surface area contributed by atoms with E-state index in [-0.39, 0.29) is 0 Å². The van der Waals surface area contributed by atoms with E-state index in [0.29, 0.717) is 12.1 Å². The summed E-state index contributed by atoms with van der Waals surface area (Å²) < 4.78 is 45.9. The highest BCUT2D eigenvalue weighted by atomic mass is 32.3. The Morgan fingerprint density at radius 3 is 2.29 bits per heavy atom. The largest absolute Gasteiger partial charge is 0.341 e. The molecule has 0 aliphatic carbocycles. The van der Waals surface area contributed by atoms with Gasteiger partial charge in [-0.05, 0) is 6.07 Å². The molecule has 0 bridgehead atoms. The van der Waals surface area contributed by atoms with Crippen molar-refractivity contribution in [2.24, 2.45) is 0 Å². The summed E-state index contributed by atoms with van der Waals surface area (Å²) >= 11 is 0. The first-order valence-electron chi connectivity index (χ1n) is 3.21. The monoisotopic (exact) mass is 223 g/mol. The molecule has 0 heterocycles. The van der Waals surface area contributed by atoms with Gasteiger partial charge < -0.3 is 0 Å². The third kappa shape index (κ3) is 1.84. The summed E-state index contributed by atoms with van der Waals surface area (Å²) in [6.07, 6.45) is 0. The Morgan fingerprint density at radius 1 is 1.36 bits per heavy atom. The van der Waals surface area contributed by atoms with E-state index < -0.39 is 31.5 Å². The van der Waals surface area contributed by atoms with E-state index in [2.05, 4.69) is 0 Å². The minimum Gasteiger partial charge on any atom is -0.258 e. The van der Waals surface area contributed by atoms with Gasteiger partial charge >= 0.3 is 10.2 Å². The van der Waals surface area contributed by atoms with E-state index in [1.165, 1.54) is 0 Å². The standard InChI is InChI=1S/C6H3F2NO4S/c7-4-2-1-3-5(9(10)11)6(4)14(8,12)13/h1-3H. The van der Waals surface area contributed by atoms with Crippen molar-refractivity contribution in [3.05, 3.63) is 34.1 Å². The van der Waals surface area contributed by atoms with Gasteiger partial charge in [0.25, 0.3) is 5.69 Å². The van der Waals surface area contributed by atoms with Gasteiger partial charge in [-0.1, -0.05) is 9.95 Å². The van der Waals surface area contributed by atoms with E-state index in [1.54, 1.807) is 0 Å². The molecule has 1 aromatic rings. The van der Waals surface area contributed by atoms with Crippen molar-refractivity contribution in [2.45, 2.75) is 4.90 Å². The Kier molecular flexibility index (Phi) is 2.47. The fourth-order valence-corrected chi connectivity index (χ4v) is 1.58. The highest BCUT2D eigenvalue weighted by Crippen LogP contribution is 2.27. The van der Waals surface area contributed by atoms with E-state index in [1.807, 2.05) is 0 Å². The topological polar surface area (TPSA) is 77.3 Å². The lowest BCUT2D eigenvalue weighted by Gasteiger charge is -1.98. The molecular formula is C6H3F2NO4S. The number of nitro groups is 1. The van der Waals surface area contributed by atoms with Crippen molar-refractivity contribution in [3.63, 3.8) is 0 Å². The molecule has 0 aliphatic heterocycles. The minimum absolute atomic E-state index is 0.624. The third-order valence-electron chi connectivity index (χ3n) is 1.39. The number of hydrogen-bond acceptors (Lipinski definition) is 4. The van der Waals surface area contributed by atoms with Crippen LogP contribution in [0, 0.1) is 15.9 Å². The maximum Gasteiger partial charge on any atom is 0.341 e. The van der Waals surface area contributed by atoms with Crippen molar-refractivity contribution in [1.29, 1.82) is 0 Å². The molecule has 0 saturated heterocycles. The Labute approximate surface area is 77.3 Å². The Hall–Kier alpha value is -1.57. The number of halogens is 2. The van der Waals surface area contributed by atoms with Crippen LogP contribution in [-0.2, 0) is 10.2 Å². The van der Waals surface area contributed by atoms with Gasteiger partial charge in [-0.25, -0.2) is 4.39 Å². The van der Waals surface area contributed by atoms with Gasteiger partial charge in [0, 0.05) is 6.07 Å². The van der Waals surface area contributed by atoms with Crippen LogP contribution < -0.4 is 0 Å². The number of hydrogen-bond donors (Lipinski definition) is 0. The Balaban J connectivity index is 3.62. The molecule has 5 nitrogen and oxygen atoms in total. The molecule has 0 spiro atoms. The van der Waals surface area contributed by atoms with Crippen LogP contribution in [0.3, 0.4) is 0 Å². The quantitative estimate of drug-likeness (QED) is 0.431. The van der Waals surface area contributed by atoms with Crippen molar-refractivity contribution < 1.29 is 21.6 Å². The van der Waals surface area contributed by atoms with Crippen LogP contribution in [0.2, 0.25) is 0 Å². The SMILES string of the molecule is O=[N+]([O-])c1cccc(F)c1S(=O)(=O)F. The predicted octanol–water partition coefficient (Wildman–Crippen LogP) is 1.39. The maximum absolute atomic E-state index is 12.8. The molecule has 0 unspecified atom stereocenters. The van der Waals surface area contributed by atoms with E-state index in [4.69, 9.17) is 0 Å². The van der Waals surface area contributed by atoms with Gasteiger partial charge in [-0.3, -0.25) is 10.1 Å². The van der Waals surface area contributed by atoms with Crippen LogP contribution >= 0.6 is 0 Å². The molecule has 14 heavy (non-hydrogen) atoms. The summed E-state index contributed by atoms with van der Waals surface area (Å²) in [5.41, 5.74) is -1.12. The zero-order valence-corrected chi connectivity index (χ0v) is 7.29. The first kappa shape index (κ1) is 10.5. The van der Waals surface area contributed by atoms with Gasteiger partial charge in [0.1, 0.15) is 0 Å². The van der Waals surface area contributed by atoms with Crippen LogP contribution in [0.4, 0.5) is 14.0 Å². The Bertz CT molecular complexity index is 485. The molecule has 0 fully saturated rings. The number of nitro benzene ring substituents is 1. The number of benzene rings is 1. The van der Waals surface area contributed by atoms with E-state index in [0.717, 1.165) is 6.07 Å². The normalized spacial score (nSPS) is 11.3. The second-order valence-corrected chi connectivity index (χ2v) is 3.57. The average molecular weight is 223 g/mol. The van der Waals surface area contributed by atoms with E-state index in [9.17, 15) is 26.8 Å². The highest BCUT2D eigenvalue weighted by Gasteiger charge is 2.29. The summed E-state index contributed by atoms with van der Waals surface area (Å²) in [5, 5.41) is 10.2. The summed E-state index contributed by atoms with van der Waals surface area (Å²) in [5.74, 6) is -1.48. The highest BCUT2D eigenvalue weighted by molar-refractivity contribution is 7.86. The lowest BCUT2D eigenvalue weighted by molar-refractivity contribution is -0.388. The van der Waals surface area contributed by atoms with Crippen molar-refractivity contribution in [2.75, 3.05) is 0 Å². The molecule has 0 amide bonds. The summed E-state index contributed by atoms with van der Waals surface area (Å²) in [7, 11) is -5.43. The van der Waals surface area contributed by atoms with Gasteiger partial charge in [0.2, 0.25) is 4.90 Å². The zero-order chi connectivity index (χ0) is 10.9. The molecule has 1 rings (SSSR count). The second kappa shape index (κ2) is 3.29. The van der Waals surface area contributed by atoms with Gasteiger partial charge in [0.15, 0.2) is 5.82 Å². The zero-order valence-electron chi connectivity index (χ0n) is 6.48. The molecule has 0 radical (unpaired) electrons. The smallest absolute Gasteiger partial charge is 0.258 e. The van der Waals surface area contributed by atoms with E-state index >= 15 is 0 Å². The number of nitrogens with zero attached hydrogens (tertiary/aromatic N) is 1. The van der Waals surface area contributed by atoms with Gasteiger partial charge in [0.05, 0.1) is 4.92 Å². The molecule has 1 aromatic carbocycles. The van der Waals surface area contributed by atoms with Crippen LogP contribution in [0.15, 0.2) is 23.1 Å². The summed E-state index contributed by atoms with van der Waals surface area (Å²) in [6.45, 7) is 0. The fourth-order valence-electron chi connectivity index (χ4n) is 0.883. The summed E-state index contributed by atoms with van der Waals surface area (Å²) in [4.78, 5) is 7.52. The maximum atomic E-state index is 12.8. The first-order valence-corrected chi connectivity index (χ1v) is 4.60. The average Bonchev–Trinajstić information content (AvgIpc) is 2.01. The van der Waals surface area contributed by atoms with Gasteiger partial charge in [-0.15, -0.1) is 0 Å². The lowest BCUT2D eigenvalue weighted by atomic mass is 10.3. The van der Waals surface area contributed by atoms with Crippen molar-refractivity contribution >= 4 is 15.9 Å². The molecular weight excluding hydrogens is 220 g/mol. The van der Waals surface area contributed by atoms with Crippen molar-refractivity contribution in [1.82, 2.24) is 0 Å². The van der Waals surface area contributed by atoms with Crippen LogP contribution in [0.5, 0.6) is 0 Å². The molecule has 0 aliphatic rings. The minimum atomic E-state index is -5.43. The molecule has 0 N–H and O–H groups in total. The summed E-state index contributed by atoms with van der Waals surface area (Å²) in [6, 6.07) is 2.25. The molecule has 0 aromatic heterocycles. The molecule has 0 saturated carbocycles. The van der Waals surface area contributed by atoms with Crippen LogP contribution in [0.25, 0.3) is 0 Å². The first-order chi connectivity index (χ1) is 6.34. The van der Waals surface area contributed by atoms with Crippen molar-refractivity contribution in [3.8, 4) is 0 Å². The predicted molar refractivity (Wildman–Crippen MR) is 41.3 cm³/mol. The molecule has 8 heteroatoms. The lowest BCUT2D eigenvalue weighted by Crippen LogP contribution is -2.02. The molecule has 0 atom stereocenters. The third-order valence-corrected chi connectivity index (χ3v) is 2.28. The van der Waals surface area contributed by atoms with Crippen LogP contribution in [0.1, 0.15) is 0 Å². The Morgan fingerprint density at radius 2 is 1.93 bits per heavy atom.